The highest BCUT2D eigenvalue weighted by Gasteiger charge is 2.30. The molecule has 1 heterocycles. The number of hydrogen-bond donors (Lipinski definition) is 1. The van der Waals surface area contributed by atoms with Crippen LogP contribution in [0.15, 0.2) is 0 Å². The van der Waals surface area contributed by atoms with E-state index in [0.717, 1.165) is 19.4 Å². The summed E-state index contributed by atoms with van der Waals surface area (Å²) >= 11 is 0. The molecule has 0 saturated carbocycles. The maximum atomic E-state index is 12.2. The van der Waals surface area contributed by atoms with Crippen LogP contribution in [0, 0.1) is 5.92 Å². The fraction of sp³-hybridized carbons (Fsp3) is 1.00. The maximum Gasteiger partial charge on any atom is 0.214 e. The number of nitrogens with zero attached hydrogens (tertiary/aromatic N) is 1. The number of sulfonamides is 1. The Kier molecular flexibility index (Phi) is 7.28. The second-order valence-corrected chi connectivity index (χ2v) is 7.36. The van der Waals surface area contributed by atoms with Crippen molar-refractivity contribution >= 4 is 10.0 Å². The lowest BCUT2D eigenvalue weighted by atomic mass is 9.93. The quantitative estimate of drug-likeness (QED) is 0.680. The molecule has 1 aliphatic heterocycles. The van der Waals surface area contributed by atoms with Crippen LogP contribution in [-0.4, -0.2) is 57.9 Å². The normalized spacial score (nSPS) is 23.4. The van der Waals surface area contributed by atoms with Gasteiger partial charge in [-0.15, -0.1) is 0 Å². The molecular formula is C13H28N2O3S. The fourth-order valence-electron chi connectivity index (χ4n) is 2.64. The van der Waals surface area contributed by atoms with Gasteiger partial charge in [0, 0.05) is 32.8 Å². The third-order valence-electron chi connectivity index (χ3n) is 3.80. The molecule has 0 aromatic heterocycles. The predicted molar refractivity (Wildman–Crippen MR) is 77.7 cm³/mol. The number of rotatable bonds is 8. The first-order valence-corrected chi connectivity index (χ1v) is 8.82. The second-order valence-electron chi connectivity index (χ2n) is 5.27. The zero-order valence-electron chi connectivity index (χ0n) is 12.4. The van der Waals surface area contributed by atoms with Crippen molar-refractivity contribution < 1.29 is 13.2 Å². The van der Waals surface area contributed by atoms with Gasteiger partial charge in [0.25, 0.3) is 0 Å². The van der Waals surface area contributed by atoms with E-state index in [1.165, 1.54) is 0 Å². The minimum Gasteiger partial charge on any atom is -0.385 e. The van der Waals surface area contributed by atoms with E-state index < -0.39 is 10.0 Å². The minimum atomic E-state index is -3.11. The highest BCUT2D eigenvalue weighted by Crippen LogP contribution is 2.22. The summed E-state index contributed by atoms with van der Waals surface area (Å²) in [4.78, 5) is 0. The second kappa shape index (κ2) is 8.19. The molecule has 1 N–H and O–H groups in total. The summed E-state index contributed by atoms with van der Waals surface area (Å²) < 4.78 is 31.1. The first-order chi connectivity index (χ1) is 9.01. The van der Waals surface area contributed by atoms with E-state index in [9.17, 15) is 8.42 Å². The smallest absolute Gasteiger partial charge is 0.214 e. The van der Waals surface area contributed by atoms with E-state index in [0.29, 0.717) is 38.1 Å². The first-order valence-electron chi connectivity index (χ1n) is 7.21. The van der Waals surface area contributed by atoms with E-state index in [1.54, 1.807) is 11.4 Å². The van der Waals surface area contributed by atoms with E-state index in [1.807, 2.05) is 0 Å². The standard InChI is InChI=1S/C13H28N2O3S/c1-4-14-12(2)13-7-5-8-15(11-13)19(16,17)10-6-9-18-3/h12-14H,4-11H2,1-3H3. The maximum absolute atomic E-state index is 12.2. The van der Waals surface area contributed by atoms with Gasteiger partial charge in [0.15, 0.2) is 0 Å². The molecule has 2 atom stereocenters. The van der Waals surface area contributed by atoms with Gasteiger partial charge < -0.3 is 10.1 Å². The molecule has 0 amide bonds. The highest BCUT2D eigenvalue weighted by molar-refractivity contribution is 7.89. The molecule has 2 unspecified atom stereocenters. The number of hydrogen-bond acceptors (Lipinski definition) is 4. The van der Waals surface area contributed by atoms with Crippen molar-refractivity contribution in [3.05, 3.63) is 0 Å². The summed E-state index contributed by atoms with van der Waals surface area (Å²) in [7, 11) is -1.51. The molecule has 1 fully saturated rings. The van der Waals surface area contributed by atoms with Crippen LogP contribution in [0.4, 0.5) is 0 Å². The molecule has 114 valence electrons. The molecular weight excluding hydrogens is 264 g/mol. The van der Waals surface area contributed by atoms with Crippen LogP contribution in [0.1, 0.15) is 33.1 Å². The molecule has 1 rings (SSSR count). The Bertz CT molecular complexity index is 346. The number of methoxy groups -OCH3 is 1. The molecule has 5 nitrogen and oxygen atoms in total. The van der Waals surface area contributed by atoms with Crippen molar-refractivity contribution in [1.29, 1.82) is 0 Å². The first kappa shape index (κ1) is 16.9. The van der Waals surface area contributed by atoms with Crippen LogP contribution in [0.25, 0.3) is 0 Å². The molecule has 1 aliphatic rings. The summed E-state index contributed by atoms with van der Waals surface area (Å²) in [5.41, 5.74) is 0. The number of ether oxygens (including phenoxy) is 1. The van der Waals surface area contributed by atoms with Crippen molar-refractivity contribution in [3.8, 4) is 0 Å². The molecule has 19 heavy (non-hydrogen) atoms. The largest absolute Gasteiger partial charge is 0.385 e. The summed E-state index contributed by atoms with van der Waals surface area (Å²) in [6.45, 7) is 6.99. The molecule has 0 radical (unpaired) electrons. The van der Waals surface area contributed by atoms with Gasteiger partial charge in [-0.3, -0.25) is 0 Å². The summed E-state index contributed by atoms with van der Waals surface area (Å²) in [5, 5.41) is 3.40. The van der Waals surface area contributed by atoms with Crippen LogP contribution in [0.2, 0.25) is 0 Å². The van der Waals surface area contributed by atoms with Crippen LogP contribution in [0.3, 0.4) is 0 Å². The minimum absolute atomic E-state index is 0.198. The third kappa shape index (κ3) is 5.38. The highest BCUT2D eigenvalue weighted by atomic mass is 32.2. The number of nitrogens with one attached hydrogen (secondary N) is 1. The molecule has 0 aromatic rings. The van der Waals surface area contributed by atoms with E-state index >= 15 is 0 Å². The van der Waals surface area contributed by atoms with Gasteiger partial charge in [-0.25, -0.2) is 12.7 Å². The van der Waals surface area contributed by atoms with E-state index in [4.69, 9.17) is 4.74 Å². The Hall–Kier alpha value is -0.170. The van der Waals surface area contributed by atoms with Crippen molar-refractivity contribution in [3.63, 3.8) is 0 Å². The molecule has 6 heteroatoms. The van der Waals surface area contributed by atoms with Gasteiger partial charge in [0.05, 0.1) is 5.75 Å². The third-order valence-corrected chi connectivity index (χ3v) is 5.72. The Morgan fingerprint density at radius 2 is 2.21 bits per heavy atom. The van der Waals surface area contributed by atoms with Crippen molar-refractivity contribution in [2.45, 2.75) is 39.2 Å². The van der Waals surface area contributed by atoms with Gasteiger partial charge in [-0.1, -0.05) is 6.92 Å². The predicted octanol–water partition coefficient (Wildman–Crippen LogP) is 1.06. The summed E-state index contributed by atoms with van der Waals surface area (Å²) in [6, 6.07) is 0.377. The molecule has 1 saturated heterocycles. The van der Waals surface area contributed by atoms with Crippen LogP contribution < -0.4 is 5.32 Å². The zero-order valence-corrected chi connectivity index (χ0v) is 13.2. The molecule has 0 bridgehead atoms. The summed E-state index contributed by atoms with van der Waals surface area (Å²) in [6.07, 6.45) is 2.64. The molecule has 0 aromatic carbocycles. The Labute approximate surface area is 117 Å². The lowest BCUT2D eigenvalue weighted by Crippen LogP contribution is -2.47. The van der Waals surface area contributed by atoms with Gasteiger partial charge in [-0.2, -0.15) is 0 Å². The Morgan fingerprint density at radius 3 is 2.84 bits per heavy atom. The van der Waals surface area contributed by atoms with Gasteiger partial charge in [0.2, 0.25) is 10.0 Å². The topological polar surface area (TPSA) is 58.6 Å². The average molecular weight is 292 g/mol. The molecule has 0 aliphatic carbocycles. The SMILES string of the molecule is CCNC(C)C1CCCN(S(=O)(=O)CCCOC)C1. The summed E-state index contributed by atoms with van der Waals surface area (Å²) in [5.74, 6) is 0.620. The van der Waals surface area contributed by atoms with Crippen LogP contribution in [0.5, 0.6) is 0 Å². The lowest BCUT2D eigenvalue weighted by Gasteiger charge is -2.35. The van der Waals surface area contributed by atoms with Gasteiger partial charge >= 0.3 is 0 Å². The number of piperidine rings is 1. The Balaban J connectivity index is 2.53. The van der Waals surface area contributed by atoms with Crippen molar-refractivity contribution in [2.75, 3.05) is 39.1 Å². The Morgan fingerprint density at radius 1 is 1.47 bits per heavy atom. The molecule has 0 spiro atoms. The van der Waals surface area contributed by atoms with Gasteiger partial charge in [0.1, 0.15) is 0 Å². The van der Waals surface area contributed by atoms with E-state index in [-0.39, 0.29) is 5.75 Å². The zero-order chi connectivity index (χ0) is 14.3. The van der Waals surface area contributed by atoms with Gasteiger partial charge in [-0.05, 0) is 38.6 Å². The van der Waals surface area contributed by atoms with Crippen molar-refractivity contribution in [2.24, 2.45) is 5.92 Å². The monoisotopic (exact) mass is 292 g/mol. The van der Waals surface area contributed by atoms with Crippen LogP contribution in [-0.2, 0) is 14.8 Å². The lowest BCUT2D eigenvalue weighted by molar-refractivity contribution is 0.197. The van der Waals surface area contributed by atoms with Crippen LogP contribution >= 0.6 is 0 Å². The van der Waals surface area contributed by atoms with Crippen molar-refractivity contribution in [1.82, 2.24) is 9.62 Å². The fourth-order valence-corrected chi connectivity index (χ4v) is 4.20. The van der Waals surface area contributed by atoms with E-state index in [2.05, 4.69) is 19.2 Å². The average Bonchev–Trinajstić information content (AvgIpc) is 2.39.